The second-order valence-corrected chi connectivity index (χ2v) is 6.83. The number of anilines is 1. The first kappa shape index (κ1) is 17.4. The zero-order valence-corrected chi connectivity index (χ0v) is 15.1. The molecule has 0 radical (unpaired) electrons. The standard InChI is InChI=1S/C18H22N4O2S/c1-14(23)21-9-11-22(12-10-21)17(24)7-8-19-18-20-16(13-25-18)15-5-3-2-4-6-15/h2-6,13H,7-12H2,1H3,(H,19,20). The quantitative estimate of drug-likeness (QED) is 0.891. The molecule has 1 aliphatic rings. The molecule has 0 aliphatic carbocycles. The number of benzene rings is 1. The molecule has 1 saturated heterocycles. The van der Waals surface area contributed by atoms with Crippen LogP contribution in [0.5, 0.6) is 0 Å². The molecular formula is C18H22N4O2S. The number of thiazole rings is 1. The van der Waals surface area contributed by atoms with E-state index >= 15 is 0 Å². The number of piperazine rings is 1. The van der Waals surface area contributed by atoms with Crippen LogP contribution < -0.4 is 5.32 Å². The van der Waals surface area contributed by atoms with Crippen LogP contribution in [0, 0.1) is 0 Å². The number of nitrogens with zero attached hydrogens (tertiary/aromatic N) is 3. The van der Waals surface area contributed by atoms with Crippen molar-refractivity contribution in [2.75, 3.05) is 38.0 Å². The van der Waals surface area contributed by atoms with Gasteiger partial charge in [-0.2, -0.15) is 0 Å². The molecule has 2 aromatic rings. The SMILES string of the molecule is CC(=O)N1CCN(C(=O)CCNc2nc(-c3ccccc3)cs2)CC1. The van der Waals surface area contributed by atoms with Gasteiger partial charge in [-0.3, -0.25) is 9.59 Å². The third-order valence-corrected chi connectivity index (χ3v) is 5.07. The Morgan fingerprint density at radius 2 is 1.80 bits per heavy atom. The largest absolute Gasteiger partial charge is 0.361 e. The smallest absolute Gasteiger partial charge is 0.224 e. The fourth-order valence-corrected chi connectivity index (χ4v) is 3.55. The van der Waals surface area contributed by atoms with Crippen molar-refractivity contribution in [3.05, 3.63) is 35.7 Å². The number of amides is 2. The van der Waals surface area contributed by atoms with E-state index in [4.69, 9.17) is 0 Å². The van der Waals surface area contributed by atoms with E-state index in [1.165, 1.54) is 0 Å². The van der Waals surface area contributed by atoms with E-state index in [0.29, 0.717) is 39.1 Å². The zero-order chi connectivity index (χ0) is 17.6. The Morgan fingerprint density at radius 1 is 1.12 bits per heavy atom. The normalized spacial score (nSPS) is 14.4. The van der Waals surface area contributed by atoms with Crippen LogP contribution in [-0.2, 0) is 9.59 Å². The molecule has 0 bridgehead atoms. The summed E-state index contributed by atoms with van der Waals surface area (Å²) in [5.41, 5.74) is 2.03. The molecule has 132 valence electrons. The number of carbonyl (C=O) groups is 2. The van der Waals surface area contributed by atoms with Gasteiger partial charge in [-0.1, -0.05) is 30.3 Å². The molecule has 2 amide bonds. The summed E-state index contributed by atoms with van der Waals surface area (Å²) in [5.74, 6) is 0.197. The van der Waals surface area contributed by atoms with Crippen molar-refractivity contribution in [2.45, 2.75) is 13.3 Å². The summed E-state index contributed by atoms with van der Waals surface area (Å²) in [5, 5.41) is 6.07. The van der Waals surface area contributed by atoms with Gasteiger partial charge in [0.05, 0.1) is 5.69 Å². The number of aromatic nitrogens is 1. The van der Waals surface area contributed by atoms with Crippen LogP contribution in [0.3, 0.4) is 0 Å². The van der Waals surface area contributed by atoms with E-state index in [-0.39, 0.29) is 11.8 Å². The average Bonchev–Trinajstić information content (AvgIpc) is 3.11. The first-order valence-corrected chi connectivity index (χ1v) is 9.29. The molecule has 1 aliphatic heterocycles. The summed E-state index contributed by atoms with van der Waals surface area (Å²) in [6.07, 6.45) is 0.431. The Morgan fingerprint density at radius 3 is 2.48 bits per heavy atom. The predicted octanol–water partition coefficient (Wildman–Crippen LogP) is 2.30. The predicted molar refractivity (Wildman–Crippen MR) is 99.5 cm³/mol. The summed E-state index contributed by atoms with van der Waals surface area (Å²) in [7, 11) is 0. The van der Waals surface area contributed by atoms with Crippen LogP contribution in [0.25, 0.3) is 11.3 Å². The summed E-state index contributed by atoms with van der Waals surface area (Å²) in [6.45, 7) is 4.62. The number of carbonyl (C=O) groups excluding carboxylic acids is 2. The minimum absolute atomic E-state index is 0.0757. The van der Waals surface area contributed by atoms with E-state index < -0.39 is 0 Å². The van der Waals surface area contributed by atoms with Crippen LogP contribution >= 0.6 is 11.3 Å². The van der Waals surface area contributed by atoms with Gasteiger partial charge in [-0.05, 0) is 0 Å². The van der Waals surface area contributed by atoms with Crippen LogP contribution in [0.2, 0.25) is 0 Å². The van der Waals surface area contributed by atoms with Crippen molar-refractivity contribution in [2.24, 2.45) is 0 Å². The Labute approximate surface area is 151 Å². The number of rotatable bonds is 5. The van der Waals surface area contributed by atoms with Gasteiger partial charge in [-0.15, -0.1) is 11.3 Å². The van der Waals surface area contributed by atoms with Crippen molar-refractivity contribution < 1.29 is 9.59 Å². The average molecular weight is 358 g/mol. The lowest BCUT2D eigenvalue weighted by Gasteiger charge is -2.34. The van der Waals surface area contributed by atoms with E-state index in [1.807, 2.05) is 40.6 Å². The minimum Gasteiger partial charge on any atom is -0.361 e. The summed E-state index contributed by atoms with van der Waals surface area (Å²) >= 11 is 1.54. The Kier molecular flexibility index (Phi) is 5.65. The molecule has 1 aromatic carbocycles. The monoisotopic (exact) mass is 358 g/mol. The van der Waals surface area contributed by atoms with E-state index in [1.54, 1.807) is 23.2 Å². The fraction of sp³-hybridized carbons (Fsp3) is 0.389. The maximum absolute atomic E-state index is 12.3. The summed E-state index contributed by atoms with van der Waals surface area (Å²) in [6, 6.07) is 10.0. The number of hydrogen-bond donors (Lipinski definition) is 1. The molecule has 1 fully saturated rings. The highest BCUT2D eigenvalue weighted by Gasteiger charge is 2.21. The summed E-state index contributed by atoms with van der Waals surface area (Å²) < 4.78 is 0. The third kappa shape index (κ3) is 4.57. The lowest BCUT2D eigenvalue weighted by molar-refractivity contribution is -0.138. The van der Waals surface area contributed by atoms with Gasteiger partial charge in [0.1, 0.15) is 0 Å². The first-order valence-electron chi connectivity index (χ1n) is 8.41. The highest BCUT2D eigenvalue weighted by atomic mass is 32.1. The van der Waals surface area contributed by atoms with Gasteiger partial charge < -0.3 is 15.1 Å². The van der Waals surface area contributed by atoms with Crippen LogP contribution in [0.15, 0.2) is 35.7 Å². The lowest BCUT2D eigenvalue weighted by atomic mass is 10.2. The van der Waals surface area contributed by atoms with Crippen molar-refractivity contribution in [3.8, 4) is 11.3 Å². The molecule has 25 heavy (non-hydrogen) atoms. The second kappa shape index (κ2) is 8.11. The van der Waals surface area contributed by atoms with Gasteiger partial charge in [0.2, 0.25) is 11.8 Å². The molecule has 0 unspecified atom stereocenters. The molecule has 0 saturated carbocycles. The minimum atomic E-state index is 0.0757. The van der Waals surface area contributed by atoms with Crippen molar-refractivity contribution in [1.29, 1.82) is 0 Å². The Hall–Kier alpha value is -2.41. The maximum Gasteiger partial charge on any atom is 0.224 e. The molecule has 7 heteroatoms. The number of nitrogens with one attached hydrogen (secondary N) is 1. The van der Waals surface area contributed by atoms with Crippen molar-refractivity contribution >= 4 is 28.3 Å². The van der Waals surface area contributed by atoms with Gasteiger partial charge in [0, 0.05) is 57.0 Å². The highest BCUT2D eigenvalue weighted by molar-refractivity contribution is 7.14. The number of hydrogen-bond acceptors (Lipinski definition) is 5. The van der Waals surface area contributed by atoms with Crippen molar-refractivity contribution in [3.63, 3.8) is 0 Å². The van der Waals surface area contributed by atoms with Crippen LogP contribution in [0.1, 0.15) is 13.3 Å². The van der Waals surface area contributed by atoms with Crippen molar-refractivity contribution in [1.82, 2.24) is 14.8 Å². The van der Waals surface area contributed by atoms with Crippen LogP contribution in [0.4, 0.5) is 5.13 Å². The molecule has 1 N–H and O–H groups in total. The molecule has 0 atom stereocenters. The van der Waals surface area contributed by atoms with E-state index in [0.717, 1.165) is 16.4 Å². The highest BCUT2D eigenvalue weighted by Crippen LogP contribution is 2.24. The van der Waals surface area contributed by atoms with Gasteiger partial charge in [0.15, 0.2) is 5.13 Å². The molecule has 2 heterocycles. The molecular weight excluding hydrogens is 336 g/mol. The van der Waals surface area contributed by atoms with Gasteiger partial charge in [-0.25, -0.2) is 4.98 Å². The summed E-state index contributed by atoms with van der Waals surface area (Å²) in [4.78, 5) is 31.7. The third-order valence-electron chi connectivity index (χ3n) is 4.27. The maximum atomic E-state index is 12.3. The zero-order valence-electron chi connectivity index (χ0n) is 14.3. The topological polar surface area (TPSA) is 65.5 Å². The Balaban J connectivity index is 1.43. The van der Waals surface area contributed by atoms with E-state index in [2.05, 4.69) is 10.3 Å². The first-order chi connectivity index (χ1) is 12.1. The second-order valence-electron chi connectivity index (χ2n) is 5.97. The van der Waals surface area contributed by atoms with Crippen LogP contribution in [-0.4, -0.2) is 59.3 Å². The Bertz CT molecular complexity index is 724. The van der Waals surface area contributed by atoms with Gasteiger partial charge >= 0.3 is 0 Å². The molecule has 1 aromatic heterocycles. The fourth-order valence-electron chi connectivity index (χ4n) is 2.80. The molecule has 0 spiro atoms. The lowest BCUT2D eigenvalue weighted by Crippen LogP contribution is -2.50. The molecule has 6 nitrogen and oxygen atoms in total. The van der Waals surface area contributed by atoms with Gasteiger partial charge in [0.25, 0.3) is 0 Å². The molecule has 3 rings (SSSR count). The van der Waals surface area contributed by atoms with E-state index in [9.17, 15) is 9.59 Å².